The fourth-order valence-electron chi connectivity index (χ4n) is 4.49. The Labute approximate surface area is 146 Å². The molecule has 0 bridgehead atoms. The van der Waals surface area contributed by atoms with Crippen molar-refractivity contribution in [1.82, 2.24) is 5.32 Å². The summed E-state index contributed by atoms with van der Waals surface area (Å²) in [6, 6.07) is 4.26. The molecule has 1 aromatic carbocycles. The third-order valence-electron chi connectivity index (χ3n) is 5.67. The number of hydrogen-bond donors (Lipinski definition) is 2. The zero-order valence-electron chi connectivity index (χ0n) is 14.3. The highest BCUT2D eigenvalue weighted by atomic mass is 16.4. The van der Waals surface area contributed by atoms with E-state index in [0.717, 1.165) is 55.1 Å². The number of hydrogen-bond acceptors (Lipinski definition) is 3. The summed E-state index contributed by atoms with van der Waals surface area (Å²) in [5.74, 6) is -0.974. The van der Waals surface area contributed by atoms with Gasteiger partial charge in [-0.05, 0) is 55.4 Å². The number of carboxylic acid groups (broad SMARTS) is 1. The molecule has 1 heterocycles. The van der Waals surface area contributed by atoms with Crippen LogP contribution in [0.15, 0.2) is 22.8 Å². The van der Waals surface area contributed by atoms with Gasteiger partial charge in [-0.25, -0.2) is 0 Å². The number of aryl methyl sites for hydroxylation is 2. The summed E-state index contributed by atoms with van der Waals surface area (Å²) in [6.07, 6.45) is 8.67. The Hall–Kier alpha value is -2.30. The van der Waals surface area contributed by atoms with Gasteiger partial charge >= 0.3 is 5.97 Å². The largest absolute Gasteiger partial charge is 0.481 e. The Morgan fingerprint density at radius 3 is 2.56 bits per heavy atom. The minimum atomic E-state index is -0.855. The number of carbonyl (C=O) groups is 2. The lowest BCUT2D eigenvalue weighted by Crippen LogP contribution is -2.48. The molecule has 5 nitrogen and oxygen atoms in total. The Morgan fingerprint density at radius 1 is 1.12 bits per heavy atom. The van der Waals surface area contributed by atoms with Crippen LogP contribution in [0.25, 0.3) is 11.0 Å². The lowest BCUT2D eigenvalue weighted by Gasteiger charge is -2.28. The van der Waals surface area contributed by atoms with Crippen LogP contribution in [-0.4, -0.2) is 22.5 Å². The lowest BCUT2D eigenvalue weighted by molar-refractivity contribution is -0.139. The van der Waals surface area contributed by atoms with Gasteiger partial charge in [-0.2, -0.15) is 0 Å². The average Bonchev–Trinajstić information content (AvgIpc) is 3.25. The van der Waals surface area contributed by atoms with Crippen molar-refractivity contribution in [1.29, 1.82) is 0 Å². The number of carbonyl (C=O) groups excluding carboxylic acids is 1. The normalized spacial score (nSPS) is 18.4. The maximum Gasteiger partial charge on any atom is 0.305 e. The van der Waals surface area contributed by atoms with Gasteiger partial charge in [0.1, 0.15) is 5.58 Å². The van der Waals surface area contributed by atoms with E-state index in [1.165, 1.54) is 17.5 Å². The van der Waals surface area contributed by atoms with Gasteiger partial charge < -0.3 is 14.8 Å². The van der Waals surface area contributed by atoms with Gasteiger partial charge in [0.25, 0.3) is 0 Å². The minimum Gasteiger partial charge on any atom is -0.481 e. The number of furan rings is 1. The number of nitrogens with one attached hydrogen (secondary N) is 1. The number of amides is 1. The number of carboxylic acids is 1. The van der Waals surface area contributed by atoms with E-state index in [9.17, 15) is 14.7 Å². The second-order valence-electron chi connectivity index (χ2n) is 7.51. The third-order valence-corrected chi connectivity index (χ3v) is 5.67. The topological polar surface area (TPSA) is 79.5 Å². The first-order chi connectivity index (χ1) is 12.0. The highest BCUT2D eigenvalue weighted by molar-refractivity contribution is 5.89. The van der Waals surface area contributed by atoms with Crippen LogP contribution in [0.1, 0.15) is 55.2 Å². The van der Waals surface area contributed by atoms with Gasteiger partial charge in [0.15, 0.2) is 0 Å². The van der Waals surface area contributed by atoms with E-state index in [2.05, 4.69) is 17.4 Å². The second kappa shape index (κ2) is 6.21. The summed E-state index contributed by atoms with van der Waals surface area (Å²) in [7, 11) is 0. The number of rotatable bonds is 5. The zero-order valence-corrected chi connectivity index (χ0v) is 14.3. The molecule has 2 aliphatic rings. The minimum absolute atomic E-state index is 0.00160. The van der Waals surface area contributed by atoms with Crippen molar-refractivity contribution in [2.75, 3.05) is 0 Å². The van der Waals surface area contributed by atoms with Gasteiger partial charge in [-0.3, -0.25) is 9.59 Å². The summed E-state index contributed by atoms with van der Waals surface area (Å²) >= 11 is 0. The summed E-state index contributed by atoms with van der Waals surface area (Å²) < 4.78 is 5.66. The van der Waals surface area contributed by atoms with Crippen molar-refractivity contribution >= 4 is 22.8 Å². The molecule has 2 aromatic rings. The summed E-state index contributed by atoms with van der Waals surface area (Å²) in [4.78, 5) is 23.8. The first kappa shape index (κ1) is 16.2. The quantitative estimate of drug-likeness (QED) is 0.874. The van der Waals surface area contributed by atoms with Crippen molar-refractivity contribution in [2.45, 2.75) is 63.3 Å². The smallest absolute Gasteiger partial charge is 0.305 e. The molecule has 1 fully saturated rings. The molecule has 4 rings (SSSR count). The first-order valence-corrected chi connectivity index (χ1v) is 9.09. The molecule has 1 amide bonds. The second-order valence-corrected chi connectivity index (χ2v) is 7.51. The van der Waals surface area contributed by atoms with Crippen molar-refractivity contribution in [3.63, 3.8) is 0 Å². The predicted octanol–water partition coefficient (Wildman–Crippen LogP) is 3.37. The highest BCUT2D eigenvalue weighted by Crippen LogP contribution is 2.33. The van der Waals surface area contributed by atoms with E-state index >= 15 is 0 Å². The first-order valence-electron chi connectivity index (χ1n) is 9.09. The predicted molar refractivity (Wildman–Crippen MR) is 93.5 cm³/mol. The van der Waals surface area contributed by atoms with E-state index in [0.29, 0.717) is 0 Å². The number of aliphatic carboxylic acids is 1. The fourth-order valence-corrected chi connectivity index (χ4v) is 4.49. The number of benzene rings is 1. The van der Waals surface area contributed by atoms with Gasteiger partial charge in [0, 0.05) is 10.9 Å². The van der Waals surface area contributed by atoms with Crippen LogP contribution in [0.2, 0.25) is 0 Å². The van der Waals surface area contributed by atoms with E-state index < -0.39 is 11.5 Å². The third kappa shape index (κ3) is 3.15. The summed E-state index contributed by atoms with van der Waals surface area (Å²) in [5.41, 5.74) is 3.84. The monoisotopic (exact) mass is 341 g/mol. The molecule has 132 valence electrons. The van der Waals surface area contributed by atoms with Crippen LogP contribution in [0, 0.1) is 0 Å². The Kier molecular flexibility index (Phi) is 4.02. The molecule has 2 aliphatic carbocycles. The van der Waals surface area contributed by atoms with Crippen LogP contribution >= 0.6 is 0 Å². The van der Waals surface area contributed by atoms with Gasteiger partial charge in [-0.15, -0.1) is 0 Å². The molecule has 0 saturated heterocycles. The molecule has 1 aromatic heterocycles. The maximum atomic E-state index is 12.6. The lowest BCUT2D eigenvalue weighted by atomic mass is 9.92. The van der Waals surface area contributed by atoms with E-state index in [4.69, 9.17) is 4.42 Å². The molecule has 2 N–H and O–H groups in total. The maximum absolute atomic E-state index is 12.6. The molecule has 0 radical (unpaired) electrons. The summed E-state index contributed by atoms with van der Waals surface area (Å²) in [6.45, 7) is 0. The van der Waals surface area contributed by atoms with Gasteiger partial charge in [0.2, 0.25) is 5.91 Å². The SMILES string of the molecule is O=C(O)CC1(NC(=O)Cc2coc3cc4c(cc23)CCC4)CCCC1. The molecule has 25 heavy (non-hydrogen) atoms. The molecule has 0 aliphatic heterocycles. The Morgan fingerprint density at radius 2 is 1.84 bits per heavy atom. The molecule has 0 atom stereocenters. The summed E-state index contributed by atoms with van der Waals surface area (Å²) in [5, 5.41) is 13.2. The van der Waals surface area contributed by atoms with Crippen molar-refractivity contribution < 1.29 is 19.1 Å². The number of fused-ring (bicyclic) bond motifs is 2. The molecular formula is C20H23NO4. The Balaban J connectivity index is 1.52. The standard InChI is InChI=1S/C20H23NO4/c22-18(21-20(11-19(23)24)6-1-2-7-20)10-15-12-25-17-9-14-5-3-4-13(14)8-16(15)17/h8-9,12H,1-7,10-11H2,(H,21,22)(H,23,24). The molecule has 0 spiro atoms. The van der Waals surface area contributed by atoms with Crippen LogP contribution in [-0.2, 0) is 28.9 Å². The zero-order chi connectivity index (χ0) is 17.4. The van der Waals surface area contributed by atoms with Gasteiger partial charge in [-0.1, -0.05) is 12.8 Å². The van der Waals surface area contributed by atoms with Crippen LogP contribution in [0.5, 0.6) is 0 Å². The Bertz CT molecular complexity index is 830. The van der Waals surface area contributed by atoms with Crippen LogP contribution in [0.3, 0.4) is 0 Å². The fraction of sp³-hybridized carbons (Fsp3) is 0.500. The van der Waals surface area contributed by atoms with Gasteiger partial charge in [0.05, 0.1) is 24.6 Å². The molecular weight excluding hydrogens is 318 g/mol. The average molecular weight is 341 g/mol. The van der Waals surface area contributed by atoms with E-state index in [1.54, 1.807) is 6.26 Å². The molecule has 5 heteroatoms. The molecule has 0 unspecified atom stereocenters. The van der Waals surface area contributed by atoms with Crippen molar-refractivity contribution in [3.8, 4) is 0 Å². The van der Waals surface area contributed by atoms with Crippen molar-refractivity contribution in [3.05, 3.63) is 35.1 Å². The van der Waals surface area contributed by atoms with E-state index in [1.807, 2.05) is 0 Å². The highest BCUT2D eigenvalue weighted by Gasteiger charge is 2.37. The van der Waals surface area contributed by atoms with Crippen molar-refractivity contribution in [2.24, 2.45) is 0 Å². The van der Waals surface area contributed by atoms with E-state index in [-0.39, 0.29) is 18.7 Å². The van der Waals surface area contributed by atoms with Crippen LogP contribution < -0.4 is 5.32 Å². The van der Waals surface area contributed by atoms with Crippen LogP contribution in [0.4, 0.5) is 0 Å². The molecule has 1 saturated carbocycles.